The van der Waals surface area contributed by atoms with Gasteiger partial charge in [0.05, 0.1) is 6.20 Å². The van der Waals surface area contributed by atoms with Crippen molar-refractivity contribution in [2.75, 3.05) is 0 Å². The molecule has 2 aromatic rings. The van der Waals surface area contributed by atoms with Crippen LogP contribution in [0.4, 0.5) is 0 Å². The first-order valence-corrected chi connectivity index (χ1v) is 4.22. The van der Waals surface area contributed by atoms with E-state index in [1.807, 2.05) is 6.92 Å². The number of rotatable bonds is 2. The lowest BCUT2D eigenvalue weighted by atomic mass is 10.3. The number of hydrogen-bond donors (Lipinski definition) is 2. The topological polar surface area (TPSA) is 58.1 Å². The van der Waals surface area contributed by atoms with Crippen molar-refractivity contribution in [1.82, 2.24) is 9.97 Å². The summed E-state index contributed by atoms with van der Waals surface area (Å²) in [6.45, 7) is 1.90. The summed E-state index contributed by atoms with van der Waals surface area (Å²) in [4.78, 5) is 6.94. The number of H-pyrrole nitrogens is 1. The molecular weight excluding hydrogens is 180 g/mol. The quantitative estimate of drug-likeness (QED) is 0.763. The smallest absolute Gasteiger partial charge is 0.299 e. The molecular formula is C10H10N2O2. The molecule has 0 fully saturated rings. The minimum absolute atomic E-state index is 0.216. The van der Waals surface area contributed by atoms with Gasteiger partial charge in [-0.3, -0.25) is 0 Å². The number of aromatic nitrogens is 2. The summed E-state index contributed by atoms with van der Waals surface area (Å²) in [5.41, 5.74) is 0.943. The van der Waals surface area contributed by atoms with Crippen molar-refractivity contribution >= 4 is 0 Å². The molecule has 0 saturated heterocycles. The van der Waals surface area contributed by atoms with Crippen molar-refractivity contribution in [2.24, 2.45) is 0 Å². The van der Waals surface area contributed by atoms with Crippen LogP contribution in [0.2, 0.25) is 0 Å². The summed E-state index contributed by atoms with van der Waals surface area (Å²) in [6, 6.07) is 6.92. The Morgan fingerprint density at radius 2 is 2.00 bits per heavy atom. The fourth-order valence-electron chi connectivity index (χ4n) is 1.07. The van der Waals surface area contributed by atoms with E-state index in [1.54, 1.807) is 30.5 Å². The van der Waals surface area contributed by atoms with Crippen molar-refractivity contribution in [1.29, 1.82) is 0 Å². The molecule has 72 valence electrons. The SMILES string of the molecule is Cc1cnc(Oc2ccc(O)cc2)[nH]1. The number of aromatic hydroxyl groups is 1. The second-order valence-corrected chi connectivity index (χ2v) is 2.97. The maximum atomic E-state index is 9.05. The summed E-state index contributed by atoms with van der Waals surface area (Å²) in [5.74, 6) is 0.852. The third kappa shape index (κ3) is 1.85. The highest BCUT2D eigenvalue weighted by Gasteiger charge is 1.99. The second-order valence-electron chi connectivity index (χ2n) is 2.97. The van der Waals surface area contributed by atoms with E-state index in [0.717, 1.165) is 5.69 Å². The standard InChI is InChI=1S/C10H10N2O2/c1-7-6-11-10(12-7)14-9-4-2-8(13)3-5-9/h2-6,13H,1H3,(H,11,12). The number of ether oxygens (including phenoxy) is 1. The molecule has 1 aromatic heterocycles. The van der Waals surface area contributed by atoms with Gasteiger partial charge in [-0.05, 0) is 31.2 Å². The second kappa shape index (κ2) is 3.41. The first-order chi connectivity index (χ1) is 6.74. The lowest BCUT2D eigenvalue weighted by Gasteiger charge is -2.00. The van der Waals surface area contributed by atoms with Gasteiger partial charge in [0.15, 0.2) is 0 Å². The van der Waals surface area contributed by atoms with Crippen LogP contribution < -0.4 is 4.74 Å². The van der Waals surface area contributed by atoms with Crippen LogP contribution in [0.1, 0.15) is 5.69 Å². The van der Waals surface area contributed by atoms with Gasteiger partial charge in [-0.1, -0.05) is 0 Å². The summed E-state index contributed by atoms with van der Waals surface area (Å²) in [7, 11) is 0. The van der Waals surface area contributed by atoms with Crippen molar-refractivity contribution in [3.8, 4) is 17.5 Å². The minimum Gasteiger partial charge on any atom is -0.508 e. The average molecular weight is 190 g/mol. The Bertz CT molecular complexity index is 420. The van der Waals surface area contributed by atoms with Crippen LogP contribution in [0, 0.1) is 6.92 Å². The predicted molar refractivity (Wildman–Crippen MR) is 51.5 cm³/mol. The van der Waals surface area contributed by atoms with Crippen LogP contribution in [0.15, 0.2) is 30.5 Å². The third-order valence-corrected chi connectivity index (χ3v) is 1.73. The summed E-state index contributed by atoms with van der Waals surface area (Å²) in [5, 5.41) is 9.05. The van der Waals surface area contributed by atoms with E-state index < -0.39 is 0 Å². The number of nitrogens with zero attached hydrogens (tertiary/aromatic N) is 1. The highest BCUT2D eigenvalue weighted by atomic mass is 16.5. The van der Waals surface area contributed by atoms with Crippen LogP contribution in [0.5, 0.6) is 17.5 Å². The fourth-order valence-corrected chi connectivity index (χ4v) is 1.07. The summed E-state index contributed by atoms with van der Waals surface area (Å²) >= 11 is 0. The number of nitrogens with one attached hydrogen (secondary N) is 1. The number of imidazole rings is 1. The number of aromatic amines is 1. The summed E-state index contributed by atoms with van der Waals surface area (Å²) in [6.07, 6.45) is 1.69. The van der Waals surface area contributed by atoms with Crippen LogP contribution in [0.25, 0.3) is 0 Å². The van der Waals surface area contributed by atoms with E-state index in [1.165, 1.54) is 0 Å². The Labute approximate surface area is 81.2 Å². The molecule has 14 heavy (non-hydrogen) atoms. The Hall–Kier alpha value is -1.97. The molecule has 0 aliphatic rings. The van der Waals surface area contributed by atoms with E-state index in [0.29, 0.717) is 11.8 Å². The van der Waals surface area contributed by atoms with Crippen LogP contribution in [-0.4, -0.2) is 15.1 Å². The Balaban J connectivity index is 2.15. The molecule has 4 heteroatoms. The Morgan fingerprint density at radius 3 is 2.57 bits per heavy atom. The van der Waals surface area contributed by atoms with Gasteiger partial charge in [-0.25, -0.2) is 4.98 Å². The molecule has 0 spiro atoms. The van der Waals surface area contributed by atoms with E-state index in [9.17, 15) is 0 Å². The van der Waals surface area contributed by atoms with Gasteiger partial charge in [0, 0.05) is 5.69 Å². The van der Waals surface area contributed by atoms with Gasteiger partial charge in [0.25, 0.3) is 6.01 Å². The zero-order valence-electron chi connectivity index (χ0n) is 7.69. The highest BCUT2D eigenvalue weighted by molar-refractivity contribution is 5.31. The number of phenolic OH excluding ortho intramolecular Hbond substituents is 1. The normalized spacial score (nSPS) is 10.1. The lowest BCUT2D eigenvalue weighted by Crippen LogP contribution is -1.85. The highest BCUT2D eigenvalue weighted by Crippen LogP contribution is 2.20. The summed E-state index contributed by atoms with van der Waals surface area (Å²) < 4.78 is 5.38. The van der Waals surface area contributed by atoms with Crippen molar-refractivity contribution < 1.29 is 9.84 Å². The fraction of sp³-hybridized carbons (Fsp3) is 0.100. The Kier molecular flexibility index (Phi) is 2.10. The molecule has 1 aromatic carbocycles. The number of hydrogen-bond acceptors (Lipinski definition) is 3. The first kappa shape index (κ1) is 8.62. The first-order valence-electron chi connectivity index (χ1n) is 4.22. The number of aryl methyl sites for hydroxylation is 1. The van der Waals surface area contributed by atoms with Crippen LogP contribution in [0.3, 0.4) is 0 Å². The zero-order valence-corrected chi connectivity index (χ0v) is 7.69. The minimum atomic E-state index is 0.216. The maximum Gasteiger partial charge on any atom is 0.299 e. The molecule has 1 heterocycles. The monoisotopic (exact) mass is 190 g/mol. The average Bonchev–Trinajstić information content (AvgIpc) is 2.56. The molecule has 2 rings (SSSR count). The van der Waals surface area contributed by atoms with Gasteiger partial charge in [-0.2, -0.15) is 0 Å². The molecule has 2 N–H and O–H groups in total. The predicted octanol–water partition coefficient (Wildman–Crippen LogP) is 2.22. The van der Waals surface area contributed by atoms with Crippen molar-refractivity contribution in [2.45, 2.75) is 6.92 Å². The molecule has 0 saturated carbocycles. The van der Waals surface area contributed by atoms with Crippen LogP contribution in [-0.2, 0) is 0 Å². The molecule has 0 unspecified atom stereocenters. The van der Waals surface area contributed by atoms with Gasteiger partial charge >= 0.3 is 0 Å². The van der Waals surface area contributed by atoms with Crippen LogP contribution >= 0.6 is 0 Å². The maximum absolute atomic E-state index is 9.05. The molecule has 0 bridgehead atoms. The van der Waals surface area contributed by atoms with E-state index in [-0.39, 0.29) is 5.75 Å². The van der Waals surface area contributed by atoms with Gasteiger partial charge in [0.1, 0.15) is 11.5 Å². The van der Waals surface area contributed by atoms with E-state index >= 15 is 0 Å². The number of benzene rings is 1. The van der Waals surface area contributed by atoms with Gasteiger partial charge in [-0.15, -0.1) is 0 Å². The lowest BCUT2D eigenvalue weighted by molar-refractivity contribution is 0.442. The van der Waals surface area contributed by atoms with Gasteiger partial charge in [0.2, 0.25) is 0 Å². The number of phenols is 1. The largest absolute Gasteiger partial charge is 0.508 e. The van der Waals surface area contributed by atoms with Gasteiger partial charge < -0.3 is 14.8 Å². The Morgan fingerprint density at radius 1 is 1.29 bits per heavy atom. The third-order valence-electron chi connectivity index (χ3n) is 1.73. The molecule has 0 aliphatic carbocycles. The van der Waals surface area contributed by atoms with E-state index in [2.05, 4.69) is 9.97 Å². The van der Waals surface area contributed by atoms with Crippen molar-refractivity contribution in [3.63, 3.8) is 0 Å². The molecule has 0 radical (unpaired) electrons. The zero-order chi connectivity index (χ0) is 9.97. The molecule has 4 nitrogen and oxygen atoms in total. The molecule has 0 aliphatic heterocycles. The van der Waals surface area contributed by atoms with Crippen molar-refractivity contribution in [3.05, 3.63) is 36.2 Å². The van der Waals surface area contributed by atoms with E-state index in [4.69, 9.17) is 9.84 Å². The molecule has 0 atom stereocenters. The molecule has 0 amide bonds.